The molecule has 0 radical (unpaired) electrons. The number of fused-ring (bicyclic) bond motifs is 13. The van der Waals surface area contributed by atoms with Gasteiger partial charge < -0.3 is 4.90 Å². The standard InChI is InChI=1S/C57H41N/c1-3-4-28-48-39(2)56(49-29-15-11-24-44(49)45-25-12-16-30-50(45)56)53-33-19-34-54(55(53)57(48)51-31-17-13-26-46(51)47-27-14-18-32-52(47)57)58(42-22-9-6-10-23-42)43-37-35-41(36-38-43)40-20-7-5-8-21-40/h3-38H,1H2,2H3/b28-4-. The van der Waals surface area contributed by atoms with E-state index >= 15 is 0 Å². The summed E-state index contributed by atoms with van der Waals surface area (Å²) in [5.74, 6) is 0. The fraction of sp³-hybridized carbons (Fsp3) is 0.0526. The number of allylic oxidation sites excluding steroid dienone is 5. The average Bonchev–Trinajstić information content (AvgIpc) is 3.75. The molecule has 0 saturated heterocycles. The summed E-state index contributed by atoms with van der Waals surface area (Å²) in [7, 11) is 0. The van der Waals surface area contributed by atoms with Crippen LogP contribution in [0.1, 0.15) is 40.3 Å². The minimum Gasteiger partial charge on any atom is -0.310 e. The Morgan fingerprint density at radius 2 is 0.845 bits per heavy atom. The Bertz CT molecular complexity index is 2870. The lowest BCUT2D eigenvalue weighted by molar-refractivity contribution is 0.624. The number of rotatable bonds is 6. The zero-order chi connectivity index (χ0) is 38.8. The summed E-state index contributed by atoms with van der Waals surface area (Å²) in [5.41, 5.74) is 20.1. The Morgan fingerprint density at radius 3 is 1.38 bits per heavy atom. The lowest BCUT2D eigenvalue weighted by Gasteiger charge is -2.50. The van der Waals surface area contributed by atoms with E-state index in [1.165, 1.54) is 77.9 Å². The quantitative estimate of drug-likeness (QED) is 0.154. The third kappa shape index (κ3) is 4.53. The predicted molar refractivity (Wildman–Crippen MR) is 242 cm³/mol. The highest BCUT2D eigenvalue weighted by atomic mass is 15.1. The van der Waals surface area contributed by atoms with Crippen LogP contribution >= 0.6 is 0 Å². The topological polar surface area (TPSA) is 3.24 Å². The van der Waals surface area contributed by atoms with E-state index in [-0.39, 0.29) is 0 Å². The molecule has 0 fully saturated rings. The fourth-order valence-corrected chi connectivity index (χ4v) is 10.8. The third-order valence-electron chi connectivity index (χ3n) is 13.0. The second-order valence-electron chi connectivity index (χ2n) is 15.6. The smallest absolute Gasteiger partial charge is 0.0737 e. The van der Waals surface area contributed by atoms with Crippen LogP contribution in [-0.2, 0) is 10.8 Å². The third-order valence-corrected chi connectivity index (χ3v) is 13.0. The number of hydrogen-bond acceptors (Lipinski definition) is 1. The van der Waals surface area contributed by atoms with Gasteiger partial charge in [-0.05, 0) is 110 Å². The van der Waals surface area contributed by atoms with E-state index in [0.29, 0.717) is 0 Å². The van der Waals surface area contributed by atoms with Crippen LogP contribution in [0.3, 0.4) is 0 Å². The molecule has 8 aromatic rings. The number of anilines is 3. The Morgan fingerprint density at radius 1 is 0.414 bits per heavy atom. The molecule has 1 heteroatoms. The molecule has 0 atom stereocenters. The first kappa shape index (κ1) is 34.1. The van der Waals surface area contributed by atoms with Crippen LogP contribution < -0.4 is 4.90 Å². The van der Waals surface area contributed by atoms with Crippen LogP contribution in [0, 0.1) is 0 Å². The van der Waals surface area contributed by atoms with Crippen molar-refractivity contribution in [2.75, 3.05) is 4.90 Å². The molecule has 3 aliphatic carbocycles. The van der Waals surface area contributed by atoms with Gasteiger partial charge in [0.2, 0.25) is 0 Å². The summed E-state index contributed by atoms with van der Waals surface area (Å²) < 4.78 is 0. The van der Waals surface area contributed by atoms with Crippen molar-refractivity contribution in [3.05, 3.63) is 270 Å². The highest BCUT2D eigenvalue weighted by molar-refractivity contribution is 5.96. The van der Waals surface area contributed by atoms with Crippen LogP contribution in [0.4, 0.5) is 17.1 Å². The highest BCUT2D eigenvalue weighted by Crippen LogP contribution is 2.69. The molecule has 0 unspecified atom stereocenters. The van der Waals surface area contributed by atoms with Crippen molar-refractivity contribution in [2.45, 2.75) is 17.8 Å². The van der Waals surface area contributed by atoms with Gasteiger partial charge in [0.25, 0.3) is 0 Å². The molecule has 0 amide bonds. The van der Waals surface area contributed by atoms with E-state index in [1.54, 1.807) is 0 Å². The van der Waals surface area contributed by atoms with Gasteiger partial charge in [-0.1, -0.05) is 195 Å². The van der Waals surface area contributed by atoms with Crippen LogP contribution in [0.2, 0.25) is 0 Å². The van der Waals surface area contributed by atoms with Gasteiger partial charge in [0, 0.05) is 16.9 Å². The van der Waals surface area contributed by atoms with Crippen molar-refractivity contribution in [1.82, 2.24) is 0 Å². The highest BCUT2D eigenvalue weighted by Gasteiger charge is 2.59. The van der Waals surface area contributed by atoms with E-state index in [9.17, 15) is 0 Å². The Hall–Kier alpha value is -7.22. The van der Waals surface area contributed by atoms with Crippen molar-refractivity contribution in [3.63, 3.8) is 0 Å². The lowest BCUT2D eigenvalue weighted by atomic mass is 9.52. The number of hydrogen-bond donors (Lipinski definition) is 0. The maximum atomic E-state index is 4.22. The van der Waals surface area contributed by atoms with Gasteiger partial charge in [0.05, 0.1) is 16.5 Å². The molecule has 0 aromatic heterocycles. The summed E-state index contributed by atoms with van der Waals surface area (Å²) in [6.45, 7) is 6.62. The normalized spacial score (nSPS) is 14.8. The second-order valence-corrected chi connectivity index (χ2v) is 15.6. The minimum absolute atomic E-state index is 0.559. The van der Waals surface area contributed by atoms with Gasteiger partial charge in [-0.25, -0.2) is 0 Å². The van der Waals surface area contributed by atoms with E-state index in [1.807, 2.05) is 6.08 Å². The summed E-state index contributed by atoms with van der Waals surface area (Å²) in [5, 5.41) is 0. The molecule has 2 spiro atoms. The molecular weight excluding hydrogens is 699 g/mol. The van der Waals surface area contributed by atoms with Crippen LogP contribution in [0.15, 0.2) is 236 Å². The summed E-state index contributed by atoms with van der Waals surface area (Å²) in [6.07, 6.45) is 6.44. The fourth-order valence-electron chi connectivity index (χ4n) is 10.8. The largest absolute Gasteiger partial charge is 0.310 e. The minimum atomic E-state index is -0.655. The zero-order valence-corrected chi connectivity index (χ0v) is 32.4. The molecule has 0 aliphatic heterocycles. The van der Waals surface area contributed by atoms with Crippen molar-refractivity contribution >= 4 is 17.1 Å². The van der Waals surface area contributed by atoms with Gasteiger partial charge in [-0.15, -0.1) is 0 Å². The van der Waals surface area contributed by atoms with Crippen molar-refractivity contribution in [1.29, 1.82) is 0 Å². The predicted octanol–water partition coefficient (Wildman–Crippen LogP) is 14.5. The maximum Gasteiger partial charge on any atom is 0.0737 e. The average molecular weight is 740 g/mol. The molecule has 58 heavy (non-hydrogen) atoms. The van der Waals surface area contributed by atoms with Gasteiger partial charge in [0.15, 0.2) is 0 Å². The van der Waals surface area contributed by atoms with Crippen molar-refractivity contribution in [3.8, 4) is 33.4 Å². The molecule has 8 aromatic carbocycles. The molecule has 0 heterocycles. The Labute approximate surface area is 341 Å². The van der Waals surface area contributed by atoms with Crippen LogP contribution in [0.5, 0.6) is 0 Å². The maximum absolute atomic E-state index is 4.22. The molecule has 274 valence electrons. The molecule has 0 saturated carbocycles. The first-order chi connectivity index (χ1) is 28.7. The van der Waals surface area contributed by atoms with Crippen LogP contribution in [0.25, 0.3) is 33.4 Å². The van der Waals surface area contributed by atoms with Gasteiger partial charge in [-0.2, -0.15) is 0 Å². The molecule has 0 bridgehead atoms. The summed E-state index contributed by atoms with van der Waals surface area (Å²) in [4.78, 5) is 2.49. The monoisotopic (exact) mass is 739 g/mol. The van der Waals surface area contributed by atoms with Gasteiger partial charge in [0.1, 0.15) is 0 Å². The number of para-hydroxylation sites is 1. The van der Waals surface area contributed by atoms with Crippen molar-refractivity contribution in [2.24, 2.45) is 0 Å². The van der Waals surface area contributed by atoms with E-state index < -0.39 is 10.8 Å². The molecule has 3 aliphatic rings. The molecule has 0 N–H and O–H groups in total. The van der Waals surface area contributed by atoms with E-state index in [4.69, 9.17) is 0 Å². The first-order valence-corrected chi connectivity index (χ1v) is 20.2. The molecule has 11 rings (SSSR count). The van der Waals surface area contributed by atoms with E-state index in [0.717, 1.165) is 17.1 Å². The second kappa shape index (κ2) is 13.2. The van der Waals surface area contributed by atoms with Crippen molar-refractivity contribution < 1.29 is 0 Å². The van der Waals surface area contributed by atoms with Crippen LogP contribution in [-0.4, -0.2) is 0 Å². The van der Waals surface area contributed by atoms with E-state index in [2.05, 4.69) is 231 Å². The molecule has 1 nitrogen and oxygen atoms in total. The first-order valence-electron chi connectivity index (χ1n) is 20.2. The Kier molecular flexibility index (Phi) is 7.74. The number of benzene rings is 8. The number of nitrogens with zero attached hydrogens (tertiary/aromatic N) is 1. The Balaban J connectivity index is 1.33. The SMILES string of the molecule is C=C/C=C\C1=C(C)C2(c3ccccc3-c3ccccc32)c2cccc(N(c3ccccc3)c3ccc(-c4ccccc4)cc3)c2C12c1ccccc1-c1ccccc12. The lowest BCUT2D eigenvalue weighted by Crippen LogP contribution is -2.44. The molecular formula is C57H41N. The summed E-state index contributed by atoms with van der Waals surface area (Å²) >= 11 is 0. The zero-order valence-electron chi connectivity index (χ0n) is 32.4. The van der Waals surface area contributed by atoms with Gasteiger partial charge >= 0.3 is 0 Å². The van der Waals surface area contributed by atoms with Gasteiger partial charge in [-0.3, -0.25) is 0 Å². The summed E-state index contributed by atoms with van der Waals surface area (Å²) in [6, 6.07) is 74.1.